The lowest BCUT2D eigenvalue weighted by Crippen LogP contribution is -2.04. The molecule has 0 saturated heterocycles. The van der Waals surface area contributed by atoms with Gasteiger partial charge in [-0.25, -0.2) is 4.98 Å². The summed E-state index contributed by atoms with van der Waals surface area (Å²) >= 11 is 0. The number of aromatic nitrogens is 2. The Balaban J connectivity index is 3.01. The molecule has 1 heterocycles. The van der Waals surface area contributed by atoms with Gasteiger partial charge in [-0.2, -0.15) is 0 Å². The van der Waals surface area contributed by atoms with Crippen molar-refractivity contribution in [3.05, 3.63) is 11.5 Å². The molecule has 1 aromatic rings. The zero-order valence-corrected chi connectivity index (χ0v) is 8.09. The number of hydrogen-bond donors (Lipinski definition) is 1. The van der Waals surface area contributed by atoms with Crippen molar-refractivity contribution >= 4 is 5.82 Å². The van der Waals surface area contributed by atoms with E-state index in [0.717, 1.165) is 36.7 Å². The second-order valence-corrected chi connectivity index (χ2v) is 3.00. The number of imidazole rings is 1. The van der Waals surface area contributed by atoms with Crippen LogP contribution < -0.4 is 5.73 Å². The molecule has 1 rings (SSSR count). The van der Waals surface area contributed by atoms with E-state index >= 15 is 0 Å². The molecule has 68 valence electrons. The van der Waals surface area contributed by atoms with Gasteiger partial charge in [0.15, 0.2) is 0 Å². The number of nitrogens with zero attached hydrogens (tertiary/aromatic N) is 2. The van der Waals surface area contributed by atoms with Gasteiger partial charge < -0.3 is 10.3 Å². The molecule has 0 aliphatic heterocycles. The Morgan fingerprint density at radius 1 is 1.42 bits per heavy atom. The van der Waals surface area contributed by atoms with Crippen LogP contribution in [-0.4, -0.2) is 9.55 Å². The van der Waals surface area contributed by atoms with Crippen molar-refractivity contribution in [2.24, 2.45) is 0 Å². The maximum atomic E-state index is 5.90. The lowest BCUT2D eigenvalue weighted by Gasteiger charge is -2.04. The van der Waals surface area contributed by atoms with Crippen LogP contribution in [0.3, 0.4) is 0 Å². The Bertz CT molecular complexity index is 263. The van der Waals surface area contributed by atoms with E-state index in [0.29, 0.717) is 0 Å². The van der Waals surface area contributed by atoms with Crippen molar-refractivity contribution in [1.29, 1.82) is 0 Å². The zero-order chi connectivity index (χ0) is 9.14. The molecule has 0 bridgehead atoms. The van der Waals surface area contributed by atoms with E-state index < -0.39 is 0 Å². The van der Waals surface area contributed by atoms with E-state index in [-0.39, 0.29) is 0 Å². The largest absolute Gasteiger partial charge is 0.384 e. The Morgan fingerprint density at radius 2 is 2.08 bits per heavy atom. The lowest BCUT2D eigenvalue weighted by atomic mass is 10.3. The quantitative estimate of drug-likeness (QED) is 0.745. The summed E-state index contributed by atoms with van der Waals surface area (Å²) < 4.78 is 2.08. The number of anilines is 1. The van der Waals surface area contributed by atoms with E-state index in [1.165, 1.54) is 0 Å². The molecule has 3 heteroatoms. The van der Waals surface area contributed by atoms with Crippen LogP contribution in [0, 0.1) is 6.92 Å². The minimum Gasteiger partial charge on any atom is -0.384 e. The van der Waals surface area contributed by atoms with Gasteiger partial charge in [-0.15, -0.1) is 0 Å². The monoisotopic (exact) mass is 167 g/mol. The van der Waals surface area contributed by atoms with Crippen LogP contribution in [0.5, 0.6) is 0 Å². The predicted octanol–water partition coefficient (Wildman–Crippen LogP) is 1.75. The smallest absolute Gasteiger partial charge is 0.126 e. The molecule has 3 nitrogen and oxygen atoms in total. The van der Waals surface area contributed by atoms with Gasteiger partial charge in [-0.3, -0.25) is 0 Å². The van der Waals surface area contributed by atoms with Crippen molar-refractivity contribution in [2.75, 3.05) is 5.73 Å². The van der Waals surface area contributed by atoms with E-state index in [4.69, 9.17) is 5.73 Å². The van der Waals surface area contributed by atoms with Gasteiger partial charge in [0.05, 0.1) is 5.69 Å². The zero-order valence-electron chi connectivity index (χ0n) is 8.09. The van der Waals surface area contributed by atoms with Gasteiger partial charge in [0.1, 0.15) is 11.6 Å². The average Bonchev–Trinajstić information content (AvgIpc) is 2.32. The van der Waals surface area contributed by atoms with Gasteiger partial charge in [0.25, 0.3) is 0 Å². The van der Waals surface area contributed by atoms with Crippen molar-refractivity contribution in [2.45, 2.75) is 40.2 Å². The standard InChI is InChI=1S/C9H17N3/c1-4-6-12-7(3)11-8(5-2)9(12)10/h4-6,10H2,1-3H3. The highest BCUT2D eigenvalue weighted by atomic mass is 15.1. The van der Waals surface area contributed by atoms with E-state index in [9.17, 15) is 0 Å². The van der Waals surface area contributed by atoms with Crippen LogP contribution in [0.1, 0.15) is 31.8 Å². The molecule has 0 saturated carbocycles. The Hall–Kier alpha value is -0.990. The summed E-state index contributed by atoms with van der Waals surface area (Å²) in [5.74, 6) is 1.88. The number of nitrogen functional groups attached to an aromatic ring is 1. The van der Waals surface area contributed by atoms with Crippen LogP contribution in [0.25, 0.3) is 0 Å². The second kappa shape index (κ2) is 3.61. The Kier molecular flexibility index (Phi) is 2.74. The summed E-state index contributed by atoms with van der Waals surface area (Å²) in [6.45, 7) is 7.20. The van der Waals surface area contributed by atoms with Crippen molar-refractivity contribution in [1.82, 2.24) is 9.55 Å². The third-order valence-electron chi connectivity index (χ3n) is 2.06. The minimum absolute atomic E-state index is 0.844. The molecule has 0 radical (unpaired) electrons. The second-order valence-electron chi connectivity index (χ2n) is 3.00. The molecular formula is C9H17N3. The summed E-state index contributed by atoms with van der Waals surface area (Å²) in [6.07, 6.45) is 2.02. The molecule has 0 fully saturated rings. The van der Waals surface area contributed by atoms with Crippen molar-refractivity contribution in [3.63, 3.8) is 0 Å². The highest BCUT2D eigenvalue weighted by molar-refractivity contribution is 5.37. The van der Waals surface area contributed by atoms with Crippen LogP contribution in [0.2, 0.25) is 0 Å². The first-order valence-electron chi connectivity index (χ1n) is 4.52. The molecule has 0 spiro atoms. The SMILES string of the molecule is CCCn1c(C)nc(CC)c1N. The lowest BCUT2D eigenvalue weighted by molar-refractivity contribution is 0.665. The Labute approximate surface area is 73.6 Å². The molecule has 0 aromatic carbocycles. The number of aryl methyl sites for hydroxylation is 2. The van der Waals surface area contributed by atoms with Crippen molar-refractivity contribution in [3.8, 4) is 0 Å². The summed E-state index contributed by atoms with van der Waals surface area (Å²) in [7, 11) is 0. The molecule has 12 heavy (non-hydrogen) atoms. The maximum absolute atomic E-state index is 5.90. The minimum atomic E-state index is 0.844. The number of hydrogen-bond acceptors (Lipinski definition) is 2. The summed E-state index contributed by atoms with van der Waals surface area (Å²) in [6, 6.07) is 0. The van der Waals surface area contributed by atoms with Crippen LogP contribution in [0.4, 0.5) is 5.82 Å². The maximum Gasteiger partial charge on any atom is 0.126 e. The topological polar surface area (TPSA) is 43.8 Å². The fourth-order valence-corrected chi connectivity index (χ4v) is 1.41. The molecule has 0 atom stereocenters. The molecule has 2 N–H and O–H groups in total. The molecule has 0 aliphatic rings. The molecule has 0 amide bonds. The third-order valence-corrected chi connectivity index (χ3v) is 2.06. The van der Waals surface area contributed by atoms with E-state index in [1.807, 2.05) is 6.92 Å². The normalized spacial score (nSPS) is 10.6. The highest BCUT2D eigenvalue weighted by Gasteiger charge is 2.08. The summed E-state index contributed by atoms with van der Waals surface area (Å²) in [4.78, 5) is 4.39. The first-order chi connectivity index (χ1) is 5.70. The average molecular weight is 167 g/mol. The number of rotatable bonds is 3. The predicted molar refractivity (Wildman–Crippen MR) is 51.0 cm³/mol. The summed E-state index contributed by atoms with van der Waals surface area (Å²) in [5, 5.41) is 0. The first kappa shape index (κ1) is 9.10. The van der Waals surface area contributed by atoms with Gasteiger partial charge in [0, 0.05) is 6.54 Å². The van der Waals surface area contributed by atoms with Gasteiger partial charge >= 0.3 is 0 Å². The van der Waals surface area contributed by atoms with Crippen LogP contribution >= 0.6 is 0 Å². The fourth-order valence-electron chi connectivity index (χ4n) is 1.41. The third kappa shape index (κ3) is 1.44. The molecule has 0 unspecified atom stereocenters. The van der Waals surface area contributed by atoms with Crippen LogP contribution in [-0.2, 0) is 13.0 Å². The van der Waals surface area contributed by atoms with Crippen LogP contribution in [0.15, 0.2) is 0 Å². The van der Waals surface area contributed by atoms with E-state index in [1.54, 1.807) is 0 Å². The fraction of sp³-hybridized carbons (Fsp3) is 0.667. The van der Waals surface area contributed by atoms with E-state index in [2.05, 4.69) is 23.4 Å². The molecular weight excluding hydrogens is 150 g/mol. The van der Waals surface area contributed by atoms with Gasteiger partial charge in [-0.1, -0.05) is 13.8 Å². The summed E-state index contributed by atoms with van der Waals surface area (Å²) in [5.41, 5.74) is 6.93. The Morgan fingerprint density at radius 3 is 2.50 bits per heavy atom. The molecule has 1 aromatic heterocycles. The van der Waals surface area contributed by atoms with Crippen molar-refractivity contribution < 1.29 is 0 Å². The first-order valence-corrected chi connectivity index (χ1v) is 4.52. The molecule has 0 aliphatic carbocycles. The number of nitrogens with two attached hydrogens (primary N) is 1. The van der Waals surface area contributed by atoms with Gasteiger partial charge in [-0.05, 0) is 19.8 Å². The highest BCUT2D eigenvalue weighted by Crippen LogP contribution is 2.14. The van der Waals surface area contributed by atoms with Gasteiger partial charge in [0.2, 0.25) is 0 Å².